The monoisotopic (exact) mass is 453 g/mol. The van der Waals surface area contributed by atoms with Gasteiger partial charge in [-0.2, -0.15) is 0 Å². The Morgan fingerprint density at radius 1 is 0.941 bits per heavy atom. The number of piperidine rings is 1. The van der Waals surface area contributed by atoms with Gasteiger partial charge in [0, 0.05) is 31.3 Å². The van der Waals surface area contributed by atoms with Crippen LogP contribution in [0.1, 0.15) is 24.1 Å². The molecule has 5 rings (SSSR count). The number of benzene rings is 2. The van der Waals surface area contributed by atoms with Crippen LogP contribution in [0.2, 0.25) is 0 Å². The van der Waals surface area contributed by atoms with Gasteiger partial charge in [0.25, 0.3) is 0 Å². The third-order valence-electron chi connectivity index (χ3n) is 6.85. The minimum atomic E-state index is 0.111. The van der Waals surface area contributed by atoms with Gasteiger partial charge < -0.3 is 9.14 Å². The number of carbonyl (C=O) groups excluding carboxylic acids is 1. The highest BCUT2D eigenvalue weighted by Crippen LogP contribution is 2.30. The molecule has 0 amide bonds. The average molecular weight is 454 g/mol. The van der Waals surface area contributed by atoms with Gasteiger partial charge in [0.15, 0.2) is 5.78 Å². The first-order valence-electron chi connectivity index (χ1n) is 12.0. The van der Waals surface area contributed by atoms with Gasteiger partial charge in [-0.1, -0.05) is 60.2 Å². The molecule has 3 heterocycles. The van der Waals surface area contributed by atoms with Crippen LogP contribution in [-0.4, -0.2) is 46.9 Å². The van der Waals surface area contributed by atoms with Crippen LogP contribution in [0.5, 0.6) is 0 Å². The highest BCUT2D eigenvalue weighted by Gasteiger charge is 2.26. The summed E-state index contributed by atoms with van der Waals surface area (Å²) in [6.07, 6.45) is 3.97. The maximum Gasteiger partial charge on any atom is 0.161 e. The molecular formula is C29H31N3O2. The van der Waals surface area contributed by atoms with Gasteiger partial charge in [0.05, 0.1) is 11.4 Å². The van der Waals surface area contributed by atoms with E-state index in [1.807, 2.05) is 6.07 Å². The molecule has 0 saturated carbocycles. The van der Waals surface area contributed by atoms with Gasteiger partial charge >= 0.3 is 0 Å². The quantitative estimate of drug-likeness (QED) is 0.376. The number of aryl methyl sites for hydroxylation is 1. The van der Waals surface area contributed by atoms with Crippen LogP contribution in [0.25, 0.3) is 28.0 Å². The van der Waals surface area contributed by atoms with E-state index in [-0.39, 0.29) is 18.3 Å². The Morgan fingerprint density at radius 2 is 1.65 bits per heavy atom. The van der Waals surface area contributed by atoms with Gasteiger partial charge in [-0.05, 0) is 56.1 Å². The lowest BCUT2D eigenvalue weighted by Crippen LogP contribution is -2.37. The molecule has 1 fully saturated rings. The van der Waals surface area contributed by atoms with Crippen molar-refractivity contribution in [2.75, 3.05) is 26.8 Å². The molecule has 1 aliphatic rings. The molecule has 4 aromatic rings. The molecule has 0 spiro atoms. The summed E-state index contributed by atoms with van der Waals surface area (Å²) in [6, 6.07) is 23.3. The third-order valence-corrected chi connectivity index (χ3v) is 6.85. The van der Waals surface area contributed by atoms with E-state index in [1.165, 1.54) is 22.4 Å². The number of ether oxygens (including phenoxy) is 1. The summed E-state index contributed by atoms with van der Waals surface area (Å²) in [6.45, 7) is 4.93. The van der Waals surface area contributed by atoms with Crippen molar-refractivity contribution in [2.45, 2.75) is 26.3 Å². The summed E-state index contributed by atoms with van der Waals surface area (Å²) in [5.41, 5.74) is 7.92. The van der Waals surface area contributed by atoms with E-state index in [0.717, 1.165) is 49.4 Å². The highest BCUT2D eigenvalue weighted by molar-refractivity contribution is 5.82. The fourth-order valence-electron chi connectivity index (χ4n) is 4.87. The lowest BCUT2D eigenvalue weighted by molar-refractivity contribution is -0.128. The van der Waals surface area contributed by atoms with E-state index < -0.39 is 0 Å². The molecule has 1 aliphatic heterocycles. The fourth-order valence-corrected chi connectivity index (χ4v) is 4.87. The maximum absolute atomic E-state index is 12.3. The number of aromatic nitrogens is 2. The molecule has 5 nitrogen and oxygen atoms in total. The first-order valence-corrected chi connectivity index (χ1v) is 12.0. The van der Waals surface area contributed by atoms with Crippen LogP contribution in [-0.2, 0) is 16.1 Å². The maximum atomic E-state index is 12.3. The smallest absolute Gasteiger partial charge is 0.161 e. The van der Waals surface area contributed by atoms with Crippen molar-refractivity contribution in [3.63, 3.8) is 0 Å². The number of imidazole rings is 1. The first-order chi connectivity index (χ1) is 16.6. The number of methoxy groups -OCH3 is 1. The van der Waals surface area contributed by atoms with Crippen molar-refractivity contribution in [3.05, 3.63) is 84.2 Å². The Bertz CT molecular complexity index is 1270. The number of rotatable bonds is 7. The molecule has 2 aromatic heterocycles. The minimum Gasteiger partial charge on any atom is -0.377 e. The molecule has 0 bridgehead atoms. The van der Waals surface area contributed by atoms with E-state index in [0.29, 0.717) is 0 Å². The standard InChI is InChI=1S/C29H31N3O2/c1-21-8-10-24(11-9-21)29-26(19-31-16-14-23(15-17-31)27(33)20-34-2)32-18-25(12-13-28(32)30-29)22-6-4-3-5-7-22/h3-13,18,23H,14-17,19-20H2,1-2H3. The number of carbonyl (C=O) groups is 1. The van der Waals surface area contributed by atoms with Gasteiger partial charge in [-0.15, -0.1) is 0 Å². The zero-order chi connectivity index (χ0) is 23.5. The Kier molecular flexibility index (Phi) is 6.57. The van der Waals surface area contributed by atoms with Gasteiger partial charge in [0.1, 0.15) is 12.3 Å². The van der Waals surface area contributed by atoms with Crippen molar-refractivity contribution in [3.8, 4) is 22.4 Å². The predicted molar refractivity (Wildman–Crippen MR) is 136 cm³/mol. The zero-order valence-corrected chi connectivity index (χ0v) is 19.9. The largest absolute Gasteiger partial charge is 0.377 e. The van der Waals surface area contributed by atoms with E-state index in [4.69, 9.17) is 9.72 Å². The van der Waals surface area contributed by atoms with Crippen molar-refractivity contribution < 1.29 is 9.53 Å². The fraction of sp³-hybridized carbons (Fsp3) is 0.310. The number of pyridine rings is 1. The number of Topliss-reactive ketones (excluding diaryl/α,β-unsaturated/α-hetero) is 1. The number of fused-ring (bicyclic) bond motifs is 1. The van der Waals surface area contributed by atoms with Crippen LogP contribution in [0.15, 0.2) is 72.9 Å². The normalized spacial score (nSPS) is 15.1. The van der Waals surface area contributed by atoms with Crippen LogP contribution >= 0.6 is 0 Å². The first kappa shape index (κ1) is 22.5. The number of nitrogens with zero attached hydrogens (tertiary/aromatic N) is 3. The molecule has 34 heavy (non-hydrogen) atoms. The number of hydrogen-bond acceptors (Lipinski definition) is 4. The molecule has 5 heteroatoms. The van der Waals surface area contributed by atoms with Gasteiger partial charge in [0.2, 0.25) is 0 Å². The molecule has 2 aromatic carbocycles. The van der Waals surface area contributed by atoms with E-state index in [2.05, 4.69) is 83.1 Å². The molecule has 1 saturated heterocycles. The summed E-state index contributed by atoms with van der Waals surface area (Å²) in [5.74, 6) is 0.337. The topological polar surface area (TPSA) is 46.8 Å². The van der Waals surface area contributed by atoms with Crippen molar-refractivity contribution >= 4 is 11.4 Å². The second kappa shape index (κ2) is 9.92. The van der Waals surface area contributed by atoms with Gasteiger partial charge in [-0.3, -0.25) is 9.69 Å². The van der Waals surface area contributed by atoms with Crippen molar-refractivity contribution in [1.82, 2.24) is 14.3 Å². The Hall–Kier alpha value is -3.28. The van der Waals surface area contributed by atoms with Gasteiger partial charge in [-0.25, -0.2) is 4.98 Å². The van der Waals surface area contributed by atoms with Crippen LogP contribution in [0, 0.1) is 12.8 Å². The van der Waals surface area contributed by atoms with Crippen molar-refractivity contribution in [2.24, 2.45) is 5.92 Å². The SMILES string of the molecule is COCC(=O)C1CCN(Cc2c(-c3ccc(C)cc3)nc3ccc(-c4ccccc4)cn23)CC1. The average Bonchev–Trinajstić information content (AvgIpc) is 3.23. The molecule has 0 atom stereocenters. The van der Waals surface area contributed by atoms with Crippen molar-refractivity contribution in [1.29, 1.82) is 0 Å². The number of hydrogen-bond donors (Lipinski definition) is 0. The summed E-state index contributed by atoms with van der Waals surface area (Å²) in [5, 5.41) is 0. The third kappa shape index (κ3) is 4.67. The van der Waals surface area contributed by atoms with E-state index in [9.17, 15) is 4.79 Å². The Morgan fingerprint density at radius 3 is 2.35 bits per heavy atom. The molecule has 0 unspecified atom stereocenters. The summed E-state index contributed by atoms with van der Waals surface area (Å²) in [7, 11) is 1.59. The summed E-state index contributed by atoms with van der Waals surface area (Å²) < 4.78 is 7.31. The molecule has 174 valence electrons. The molecular weight excluding hydrogens is 422 g/mol. The van der Waals surface area contributed by atoms with Crippen LogP contribution in [0.4, 0.5) is 0 Å². The Labute approximate surface area is 201 Å². The second-order valence-corrected chi connectivity index (χ2v) is 9.23. The highest BCUT2D eigenvalue weighted by atomic mass is 16.5. The van der Waals surface area contributed by atoms with E-state index >= 15 is 0 Å². The number of ketones is 1. The van der Waals surface area contributed by atoms with Crippen LogP contribution < -0.4 is 0 Å². The molecule has 0 aliphatic carbocycles. The molecule has 0 N–H and O–H groups in total. The minimum absolute atomic E-state index is 0.111. The zero-order valence-electron chi connectivity index (χ0n) is 19.9. The Balaban J connectivity index is 1.49. The van der Waals surface area contributed by atoms with Crippen LogP contribution in [0.3, 0.4) is 0 Å². The molecule has 0 radical (unpaired) electrons. The number of likely N-dealkylation sites (tertiary alicyclic amines) is 1. The van der Waals surface area contributed by atoms with E-state index in [1.54, 1.807) is 7.11 Å². The summed E-state index contributed by atoms with van der Waals surface area (Å²) >= 11 is 0. The predicted octanol–water partition coefficient (Wildman–Crippen LogP) is 5.40. The lowest BCUT2D eigenvalue weighted by atomic mass is 9.92. The second-order valence-electron chi connectivity index (χ2n) is 9.23. The summed E-state index contributed by atoms with van der Waals surface area (Å²) in [4.78, 5) is 19.8. The lowest BCUT2D eigenvalue weighted by Gasteiger charge is -2.31.